The topological polar surface area (TPSA) is 87.2 Å². The first kappa shape index (κ1) is 15.3. The van der Waals surface area contributed by atoms with E-state index in [0.29, 0.717) is 24.4 Å². The average Bonchev–Trinajstić information content (AvgIpc) is 2.97. The van der Waals surface area contributed by atoms with Crippen LogP contribution in [0.3, 0.4) is 0 Å². The number of hydrogen-bond acceptors (Lipinski definition) is 4. The summed E-state index contributed by atoms with van der Waals surface area (Å²) in [5.41, 5.74) is 0.575. The second kappa shape index (κ2) is 6.28. The number of amides is 2. The molecule has 0 bridgehead atoms. The molecule has 0 saturated carbocycles. The molecule has 1 aromatic carbocycles. The van der Waals surface area contributed by atoms with Gasteiger partial charge in [0.15, 0.2) is 6.61 Å². The van der Waals surface area contributed by atoms with Gasteiger partial charge in [-0.25, -0.2) is 0 Å². The molecule has 2 aliphatic rings. The molecule has 7 heteroatoms. The Labute approximate surface area is 133 Å². The highest BCUT2D eigenvalue weighted by Crippen LogP contribution is 2.31. The van der Waals surface area contributed by atoms with Crippen LogP contribution in [0.2, 0.25) is 0 Å². The highest BCUT2D eigenvalue weighted by atomic mass is 16.5. The van der Waals surface area contributed by atoms with Gasteiger partial charge in [-0.3, -0.25) is 19.3 Å². The van der Waals surface area contributed by atoms with Gasteiger partial charge in [0, 0.05) is 12.6 Å². The van der Waals surface area contributed by atoms with Gasteiger partial charge in [-0.05, 0) is 25.0 Å². The molecule has 0 radical (unpaired) electrons. The number of carbonyl (C=O) groups is 3. The maximum atomic E-state index is 12.6. The number of likely N-dealkylation sites (tertiary alicyclic amines) is 1. The molecular weight excluding hydrogens is 300 g/mol. The van der Waals surface area contributed by atoms with Gasteiger partial charge in [0.25, 0.3) is 5.91 Å². The first-order valence-electron chi connectivity index (χ1n) is 7.59. The summed E-state index contributed by atoms with van der Waals surface area (Å²) in [6.07, 6.45) is 1.42. The molecule has 1 aromatic rings. The summed E-state index contributed by atoms with van der Waals surface area (Å²) < 4.78 is 5.35. The van der Waals surface area contributed by atoms with E-state index in [1.54, 1.807) is 29.2 Å². The van der Waals surface area contributed by atoms with E-state index in [4.69, 9.17) is 9.84 Å². The zero-order valence-electron chi connectivity index (χ0n) is 12.6. The fraction of sp³-hybridized carbons (Fsp3) is 0.438. The van der Waals surface area contributed by atoms with Crippen molar-refractivity contribution in [3.63, 3.8) is 0 Å². The second-order valence-corrected chi connectivity index (χ2v) is 5.72. The number of para-hydroxylation sites is 2. The van der Waals surface area contributed by atoms with Crippen LogP contribution in [0.1, 0.15) is 19.3 Å². The molecule has 0 spiro atoms. The quantitative estimate of drug-likeness (QED) is 0.890. The maximum absolute atomic E-state index is 12.6. The minimum absolute atomic E-state index is 0.0562. The number of carbonyl (C=O) groups excluding carboxylic acids is 2. The third-order valence-electron chi connectivity index (χ3n) is 4.21. The largest absolute Gasteiger partial charge is 0.482 e. The molecule has 7 nitrogen and oxygen atoms in total. The van der Waals surface area contributed by atoms with Gasteiger partial charge in [-0.1, -0.05) is 12.1 Å². The highest BCUT2D eigenvalue weighted by molar-refractivity contribution is 6.02. The van der Waals surface area contributed by atoms with Crippen molar-refractivity contribution >= 4 is 23.5 Å². The van der Waals surface area contributed by atoms with Crippen LogP contribution in [0.4, 0.5) is 5.69 Å². The lowest BCUT2D eigenvalue weighted by Gasteiger charge is -2.31. The van der Waals surface area contributed by atoms with Crippen LogP contribution in [-0.4, -0.2) is 53.5 Å². The fourth-order valence-corrected chi connectivity index (χ4v) is 3.13. The number of fused-ring (bicyclic) bond motifs is 1. The molecule has 2 amide bonds. The van der Waals surface area contributed by atoms with Crippen LogP contribution in [0.25, 0.3) is 0 Å². The summed E-state index contributed by atoms with van der Waals surface area (Å²) in [6.45, 7) is 0.356. The maximum Gasteiger partial charge on any atom is 0.305 e. The fourth-order valence-electron chi connectivity index (χ4n) is 3.13. The average molecular weight is 318 g/mol. The lowest BCUT2D eigenvalue weighted by atomic mass is 10.1. The Bertz CT molecular complexity index is 645. The Hall–Kier alpha value is -2.57. The van der Waals surface area contributed by atoms with E-state index in [-0.39, 0.29) is 37.4 Å². The van der Waals surface area contributed by atoms with Crippen molar-refractivity contribution in [3.05, 3.63) is 24.3 Å². The van der Waals surface area contributed by atoms with Crippen molar-refractivity contribution in [2.24, 2.45) is 0 Å². The second-order valence-electron chi connectivity index (χ2n) is 5.72. The summed E-state index contributed by atoms with van der Waals surface area (Å²) in [7, 11) is 0. The van der Waals surface area contributed by atoms with Crippen LogP contribution in [0.5, 0.6) is 5.75 Å². The third kappa shape index (κ3) is 3.13. The smallest absolute Gasteiger partial charge is 0.305 e. The molecule has 0 aliphatic carbocycles. The number of ether oxygens (including phenoxy) is 1. The highest BCUT2D eigenvalue weighted by Gasteiger charge is 2.34. The molecule has 3 rings (SSSR count). The number of hydrogen-bond donors (Lipinski definition) is 1. The van der Waals surface area contributed by atoms with E-state index >= 15 is 0 Å². The van der Waals surface area contributed by atoms with Crippen molar-refractivity contribution in [2.45, 2.75) is 25.3 Å². The first-order chi connectivity index (χ1) is 11.1. The Balaban J connectivity index is 1.75. The molecule has 1 fully saturated rings. The summed E-state index contributed by atoms with van der Waals surface area (Å²) in [6, 6.07) is 6.78. The molecule has 1 saturated heterocycles. The first-order valence-corrected chi connectivity index (χ1v) is 7.59. The van der Waals surface area contributed by atoms with Crippen LogP contribution in [-0.2, 0) is 14.4 Å². The SMILES string of the molecule is O=C(O)CC1CCCN1C(=O)CN1C(=O)COc2ccccc21. The van der Waals surface area contributed by atoms with E-state index in [9.17, 15) is 14.4 Å². The summed E-state index contributed by atoms with van der Waals surface area (Å²) in [5, 5.41) is 8.95. The summed E-state index contributed by atoms with van der Waals surface area (Å²) in [4.78, 5) is 38.6. The summed E-state index contributed by atoms with van der Waals surface area (Å²) >= 11 is 0. The number of carboxylic acids is 1. The van der Waals surface area contributed by atoms with Crippen molar-refractivity contribution in [1.29, 1.82) is 0 Å². The Morgan fingerprint density at radius 1 is 1.30 bits per heavy atom. The predicted molar refractivity (Wildman–Crippen MR) is 81.3 cm³/mol. The molecule has 2 aliphatic heterocycles. The van der Waals surface area contributed by atoms with Gasteiger partial charge in [0.2, 0.25) is 5.91 Å². The summed E-state index contributed by atoms with van der Waals surface area (Å²) in [5.74, 6) is -0.837. The molecule has 1 atom stereocenters. The number of nitrogens with zero attached hydrogens (tertiary/aromatic N) is 2. The van der Waals surface area contributed by atoms with Crippen LogP contribution < -0.4 is 9.64 Å². The van der Waals surface area contributed by atoms with Crippen molar-refractivity contribution in [3.8, 4) is 5.75 Å². The zero-order valence-corrected chi connectivity index (χ0v) is 12.6. The van der Waals surface area contributed by atoms with Gasteiger partial charge >= 0.3 is 5.97 Å². The predicted octanol–water partition coefficient (Wildman–Crippen LogP) is 0.878. The van der Waals surface area contributed by atoms with Gasteiger partial charge in [-0.2, -0.15) is 0 Å². The van der Waals surface area contributed by atoms with Crippen LogP contribution in [0.15, 0.2) is 24.3 Å². The lowest BCUT2D eigenvalue weighted by Crippen LogP contribution is -2.48. The molecule has 2 heterocycles. The number of rotatable bonds is 4. The molecular formula is C16H18N2O5. The van der Waals surface area contributed by atoms with Gasteiger partial charge < -0.3 is 14.7 Å². The molecule has 1 unspecified atom stereocenters. The Morgan fingerprint density at radius 2 is 2.09 bits per heavy atom. The van der Waals surface area contributed by atoms with Crippen LogP contribution >= 0.6 is 0 Å². The molecule has 23 heavy (non-hydrogen) atoms. The molecule has 0 aromatic heterocycles. The number of benzene rings is 1. The Kier molecular flexibility index (Phi) is 4.18. The van der Waals surface area contributed by atoms with Gasteiger partial charge in [0.1, 0.15) is 12.3 Å². The number of carboxylic acid groups (broad SMARTS) is 1. The van der Waals surface area contributed by atoms with E-state index in [1.165, 1.54) is 4.90 Å². The van der Waals surface area contributed by atoms with E-state index in [1.807, 2.05) is 0 Å². The van der Waals surface area contributed by atoms with Gasteiger partial charge in [-0.15, -0.1) is 0 Å². The normalized spacial score (nSPS) is 20.2. The molecule has 122 valence electrons. The minimum atomic E-state index is -0.914. The van der Waals surface area contributed by atoms with E-state index in [0.717, 1.165) is 6.42 Å². The van der Waals surface area contributed by atoms with Crippen molar-refractivity contribution in [2.75, 3.05) is 24.6 Å². The van der Waals surface area contributed by atoms with E-state index in [2.05, 4.69) is 0 Å². The van der Waals surface area contributed by atoms with Crippen molar-refractivity contribution < 1.29 is 24.2 Å². The zero-order chi connectivity index (χ0) is 16.4. The standard InChI is InChI=1S/C16H18N2O5/c19-14(17-7-3-4-11(17)8-16(21)22)9-18-12-5-1-2-6-13(12)23-10-15(18)20/h1-2,5-6,11H,3-4,7-10H2,(H,21,22). The minimum Gasteiger partial charge on any atom is -0.482 e. The lowest BCUT2D eigenvalue weighted by molar-refractivity contribution is -0.140. The monoisotopic (exact) mass is 318 g/mol. The van der Waals surface area contributed by atoms with Crippen LogP contribution in [0, 0.1) is 0 Å². The number of anilines is 1. The third-order valence-corrected chi connectivity index (χ3v) is 4.21. The number of aliphatic carboxylic acids is 1. The van der Waals surface area contributed by atoms with Gasteiger partial charge in [0.05, 0.1) is 12.1 Å². The Morgan fingerprint density at radius 3 is 2.87 bits per heavy atom. The van der Waals surface area contributed by atoms with Crippen molar-refractivity contribution in [1.82, 2.24) is 4.90 Å². The van der Waals surface area contributed by atoms with E-state index < -0.39 is 5.97 Å². The molecule has 1 N–H and O–H groups in total.